The maximum Gasteiger partial charge on any atom is 0.326 e. The third-order valence-electron chi connectivity index (χ3n) is 4.07. The molecular weight excluding hydrogens is 306 g/mol. The van der Waals surface area contributed by atoms with Crippen molar-refractivity contribution in [3.8, 4) is 0 Å². The molecule has 0 saturated carbocycles. The fourth-order valence-corrected chi connectivity index (χ4v) is 2.61. The first kappa shape index (κ1) is 16.0. The van der Waals surface area contributed by atoms with E-state index in [0.717, 1.165) is 16.6 Å². The fourth-order valence-electron chi connectivity index (χ4n) is 2.61. The molecule has 2 aromatic carbocycles. The Morgan fingerprint density at radius 2 is 1.88 bits per heavy atom. The minimum absolute atomic E-state index is 0.0288. The number of fused-ring (bicyclic) bond motifs is 1. The number of hydrogen-bond donors (Lipinski definition) is 3. The van der Waals surface area contributed by atoms with Gasteiger partial charge in [0.1, 0.15) is 0 Å². The molecule has 0 aliphatic carbocycles. The van der Waals surface area contributed by atoms with Gasteiger partial charge in [0.05, 0.1) is 17.6 Å². The van der Waals surface area contributed by atoms with Crippen LogP contribution in [0.2, 0.25) is 0 Å². The van der Waals surface area contributed by atoms with Gasteiger partial charge in [-0.3, -0.25) is 9.36 Å². The lowest BCUT2D eigenvalue weighted by Gasteiger charge is -2.06. The van der Waals surface area contributed by atoms with E-state index in [1.54, 1.807) is 25.2 Å². The average molecular weight is 325 g/mol. The highest BCUT2D eigenvalue weighted by atomic mass is 16.3. The zero-order valence-corrected chi connectivity index (χ0v) is 13.4. The molecule has 6 heteroatoms. The van der Waals surface area contributed by atoms with Crippen LogP contribution in [-0.2, 0) is 20.1 Å². The zero-order chi connectivity index (χ0) is 17.1. The first-order valence-corrected chi connectivity index (χ1v) is 7.74. The summed E-state index contributed by atoms with van der Waals surface area (Å²) in [6, 6.07) is 12.8. The molecule has 1 amide bonds. The van der Waals surface area contributed by atoms with Crippen LogP contribution >= 0.6 is 0 Å². The Morgan fingerprint density at radius 3 is 2.58 bits per heavy atom. The van der Waals surface area contributed by atoms with Crippen LogP contribution in [0.25, 0.3) is 11.0 Å². The van der Waals surface area contributed by atoms with E-state index < -0.39 is 0 Å². The lowest BCUT2D eigenvalue weighted by Crippen LogP contribution is -2.25. The molecule has 124 valence electrons. The van der Waals surface area contributed by atoms with Crippen molar-refractivity contribution in [2.45, 2.75) is 13.0 Å². The third kappa shape index (κ3) is 3.23. The Morgan fingerprint density at radius 1 is 1.17 bits per heavy atom. The van der Waals surface area contributed by atoms with Crippen LogP contribution < -0.4 is 11.0 Å². The molecule has 0 saturated heterocycles. The van der Waals surface area contributed by atoms with Crippen molar-refractivity contribution in [1.29, 1.82) is 0 Å². The summed E-state index contributed by atoms with van der Waals surface area (Å²) in [5, 5.41) is 11.9. The molecule has 1 heterocycles. The van der Waals surface area contributed by atoms with E-state index in [0.29, 0.717) is 24.0 Å². The predicted molar refractivity (Wildman–Crippen MR) is 91.9 cm³/mol. The van der Waals surface area contributed by atoms with Crippen LogP contribution in [0.5, 0.6) is 0 Å². The second kappa shape index (κ2) is 6.72. The molecule has 0 aliphatic heterocycles. The molecule has 0 unspecified atom stereocenters. The average Bonchev–Trinajstić information content (AvgIpc) is 2.89. The second-order valence-electron chi connectivity index (χ2n) is 5.70. The number of aliphatic hydroxyl groups is 1. The summed E-state index contributed by atoms with van der Waals surface area (Å²) >= 11 is 0. The fraction of sp³-hybridized carbons (Fsp3) is 0.222. The Hall–Kier alpha value is -2.86. The summed E-state index contributed by atoms with van der Waals surface area (Å²) < 4.78 is 1.51. The van der Waals surface area contributed by atoms with Crippen molar-refractivity contribution in [3.05, 3.63) is 69.6 Å². The van der Waals surface area contributed by atoms with Crippen molar-refractivity contribution in [2.24, 2.45) is 7.05 Å². The summed E-state index contributed by atoms with van der Waals surface area (Å²) in [6.07, 6.45) is 0.710. The van der Waals surface area contributed by atoms with Crippen LogP contribution in [-0.4, -0.2) is 27.1 Å². The number of nitrogens with one attached hydrogen (secondary N) is 2. The largest absolute Gasteiger partial charge is 0.392 e. The van der Waals surface area contributed by atoms with E-state index in [-0.39, 0.29) is 18.2 Å². The first-order chi connectivity index (χ1) is 11.6. The molecular formula is C18H19N3O3. The summed E-state index contributed by atoms with van der Waals surface area (Å²) in [5.41, 5.74) is 3.69. The highest BCUT2D eigenvalue weighted by molar-refractivity contribution is 5.97. The van der Waals surface area contributed by atoms with Gasteiger partial charge in [-0.05, 0) is 35.7 Å². The smallest absolute Gasteiger partial charge is 0.326 e. The van der Waals surface area contributed by atoms with Gasteiger partial charge in [0, 0.05) is 19.2 Å². The van der Waals surface area contributed by atoms with Crippen molar-refractivity contribution in [3.63, 3.8) is 0 Å². The van der Waals surface area contributed by atoms with Crippen LogP contribution in [0.3, 0.4) is 0 Å². The number of imidazole rings is 1. The van der Waals surface area contributed by atoms with E-state index in [1.165, 1.54) is 4.57 Å². The zero-order valence-electron chi connectivity index (χ0n) is 13.4. The molecule has 3 aromatic rings. The second-order valence-corrected chi connectivity index (χ2v) is 5.70. The molecule has 0 atom stereocenters. The Bertz CT molecular complexity index is 923. The lowest BCUT2D eigenvalue weighted by molar-refractivity contribution is 0.0954. The molecule has 6 nitrogen and oxygen atoms in total. The van der Waals surface area contributed by atoms with Gasteiger partial charge in [-0.2, -0.15) is 0 Å². The summed E-state index contributed by atoms with van der Waals surface area (Å²) in [6.45, 7) is 0.543. The maximum atomic E-state index is 12.2. The lowest BCUT2D eigenvalue weighted by atomic mass is 10.1. The van der Waals surface area contributed by atoms with Gasteiger partial charge in [-0.25, -0.2) is 4.79 Å². The number of hydrogen-bond acceptors (Lipinski definition) is 3. The monoisotopic (exact) mass is 325 g/mol. The highest BCUT2D eigenvalue weighted by Gasteiger charge is 2.09. The maximum absolute atomic E-state index is 12.2. The van der Waals surface area contributed by atoms with Crippen molar-refractivity contribution < 1.29 is 9.90 Å². The molecule has 3 rings (SSSR count). The third-order valence-corrected chi connectivity index (χ3v) is 4.07. The molecule has 0 spiro atoms. The number of H-pyrrole nitrogens is 1. The molecule has 1 aromatic heterocycles. The van der Waals surface area contributed by atoms with E-state index in [4.69, 9.17) is 5.11 Å². The first-order valence-electron chi connectivity index (χ1n) is 7.74. The number of nitrogens with zero attached hydrogens (tertiary/aromatic N) is 1. The number of aromatic amines is 1. The van der Waals surface area contributed by atoms with Crippen LogP contribution in [0, 0.1) is 0 Å². The number of carbonyl (C=O) groups is 1. The highest BCUT2D eigenvalue weighted by Crippen LogP contribution is 2.12. The van der Waals surface area contributed by atoms with Gasteiger partial charge >= 0.3 is 5.69 Å². The number of carbonyl (C=O) groups excluding carboxylic acids is 1. The Labute approximate surface area is 138 Å². The van der Waals surface area contributed by atoms with E-state index in [1.807, 2.05) is 24.3 Å². The Kier molecular flexibility index (Phi) is 4.48. The molecule has 0 radical (unpaired) electrons. The number of aliphatic hydroxyl groups excluding tert-OH is 1. The van der Waals surface area contributed by atoms with Crippen LogP contribution in [0.4, 0.5) is 0 Å². The van der Waals surface area contributed by atoms with Crippen molar-refractivity contribution >= 4 is 16.9 Å². The molecule has 3 N–H and O–H groups in total. The van der Waals surface area contributed by atoms with E-state index in [2.05, 4.69) is 10.3 Å². The minimum atomic E-state index is -0.200. The Balaban J connectivity index is 1.63. The van der Waals surface area contributed by atoms with Gasteiger partial charge in [0.15, 0.2) is 0 Å². The van der Waals surface area contributed by atoms with Gasteiger partial charge in [0.2, 0.25) is 0 Å². The number of aryl methyl sites for hydroxylation is 1. The van der Waals surface area contributed by atoms with Crippen LogP contribution in [0.15, 0.2) is 47.3 Å². The normalized spacial score (nSPS) is 10.9. The number of rotatable bonds is 5. The van der Waals surface area contributed by atoms with Gasteiger partial charge in [-0.15, -0.1) is 0 Å². The summed E-state index contributed by atoms with van der Waals surface area (Å²) in [5.74, 6) is -0.173. The number of amides is 1. The van der Waals surface area contributed by atoms with E-state index in [9.17, 15) is 9.59 Å². The van der Waals surface area contributed by atoms with E-state index >= 15 is 0 Å². The summed E-state index contributed by atoms with van der Waals surface area (Å²) in [4.78, 5) is 26.5. The number of aromatic nitrogens is 2. The molecule has 0 bridgehead atoms. The number of benzene rings is 2. The van der Waals surface area contributed by atoms with Crippen molar-refractivity contribution in [2.75, 3.05) is 6.54 Å². The SMILES string of the molecule is Cn1c(=O)[nH]c2cc(C(=O)NCCc3ccc(CO)cc3)ccc21. The molecule has 0 fully saturated rings. The van der Waals surface area contributed by atoms with Crippen LogP contribution in [0.1, 0.15) is 21.5 Å². The summed E-state index contributed by atoms with van der Waals surface area (Å²) in [7, 11) is 1.68. The molecule has 0 aliphatic rings. The van der Waals surface area contributed by atoms with Crippen molar-refractivity contribution in [1.82, 2.24) is 14.9 Å². The topological polar surface area (TPSA) is 87.1 Å². The van der Waals surface area contributed by atoms with Gasteiger partial charge in [-0.1, -0.05) is 24.3 Å². The minimum Gasteiger partial charge on any atom is -0.392 e. The van der Waals surface area contributed by atoms with Gasteiger partial charge < -0.3 is 15.4 Å². The molecule has 24 heavy (non-hydrogen) atoms. The predicted octanol–water partition coefficient (Wildman–Crippen LogP) is 1.33. The van der Waals surface area contributed by atoms with Gasteiger partial charge in [0.25, 0.3) is 5.91 Å². The standard InChI is InChI=1S/C18H19N3O3/c1-21-16-7-6-14(10-15(16)20-18(21)24)17(23)19-9-8-12-2-4-13(11-22)5-3-12/h2-7,10,22H,8-9,11H2,1H3,(H,19,23)(H,20,24). The quantitative estimate of drug-likeness (QED) is 0.661.